The summed E-state index contributed by atoms with van der Waals surface area (Å²) in [5.74, 6) is 0.634. The van der Waals surface area contributed by atoms with Crippen molar-refractivity contribution in [1.82, 2.24) is 14.8 Å². The molecule has 2 aromatic carbocycles. The first-order chi connectivity index (χ1) is 15.6. The van der Waals surface area contributed by atoms with E-state index in [0.717, 1.165) is 43.3 Å². The van der Waals surface area contributed by atoms with Crippen molar-refractivity contribution in [3.63, 3.8) is 0 Å². The molecule has 2 amide bonds. The molecule has 3 aromatic rings. The molecular formula is C23H24N6O2S. The van der Waals surface area contributed by atoms with E-state index < -0.39 is 0 Å². The highest BCUT2D eigenvalue weighted by molar-refractivity contribution is 7.99. The lowest BCUT2D eigenvalue weighted by atomic mass is 10.2. The number of anilines is 3. The van der Waals surface area contributed by atoms with Gasteiger partial charge in [0.15, 0.2) is 5.16 Å². The highest BCUT2D eigenvalue weighted by atomic mass is 32.2. The van der Waals surface area contributed by atoms with Gasteiger partial charge < -0.3 is 15.1 Å². The SMILES string of the molecule is Cc1ccc(-n2c(SCC(=O)N3CC(=O)Nc4ccccc43)nnc2N2CCCC2)cc1. The fraction of sp³-hybridized carbons (Fsp3) is 0.304. The second kappa shape index (κ2) is 8.66. The Balaban J connectivity index is 1.40. The fourth-order valence-corrected chi connectivity index (χ4v) is 4.88. The van der Waals surface area contributed by atoms with Crippen molar-refractivity contribution in [3.8, 4) is 5.69 Å². The third-order valence-corrected chi connectivity index (χ3v) is 6.61. The van der Waals surface area contributed by atoms with Gasteiger partial charge in [0.1, 0.15) is 6.54 Å². The highest BCUT2D eigenvalue weighted by Gasteiger charge is 2.28. The van der Waals surface area contributed by atoms with Gasteiger partial charge >= 0.3 is 0 Å². The van der Waals surface area contributed by atoms with E-state index in [0.29, 0.717) is 10.8 Å². The second-order valence-electron chi connectivity index (χ2n) is 7.98. The zero-order valence-corrected chi connectivity index (χ0v) is 18.6. The van der Waals surface area contributed by atoms with E-state index in [4.69, 9.17) is 0 Å². The molecule has 0 atom stereocenters. The predicted molar refractivity (Wildman–Crippen MR) is 126 cm³/mol. The summed E-state index contributed by atoms with van der Waals surface area (Å²) in [6.07, 6.45) is 2.27. The third-order valence-electron chi connectivity index (χ3n) is 5.69. The molecule has 8 nitrogen and oxygen atoms in total. The molecule has 5 rings (SSSR count). The number of carbonyl (C=O) groups excluding carboxylic acids is 2. The van der Waals surface area contributed by atoms with Crippen LogP contribution in [0.15, 0.2) is 53.7 Å². The molecule has 0 aliphatic carbocycles. The summed E-state index contributed by atoms with van der Waals surface area (Å²) in [7, 11) is 0. The Kier molecular flexibility index (Phi) is 5.57. The van der Waals surface area contributed by atoms with E-state index in [1.807, 2.05) is 22.8 Å². The minimum absolute atomic E-state index is 0.0140. The van der Waals surface area contributed by atoms with Crippen LogP contribution in [0.2, 0.25) is 0 Å². The van der Waals surface area contributed by atoms with Gasteiger partial charge in [-0.3, -0.25) is 14.2 Å². The van der Waals surface area contributed by atoms with Gasteiger partial charge in [-0.1, -0.05) is 41.6 Å². The minimum Gasteiger partial charge on any atom is -0.341 e. The number of benzene rings is 2. The zero-order valence-electron chi connectivity index (χ0n) is 17.8. The molecular weight excluding hydrogens is 424 g/mol. The smallest absolute Gasteiger partial charge is 0.244 e. The van der Waals surface area contributed by atoms with Gasteiger partial charge in [-0.2, -0.15) is 0 Å². The molecule has 0 unspecified atom stereocenters. The molecule has 1 saturated heterocycles. The topological polar surface area (TPSA) is 83.4 Å². The summed E-state index contributed by atoms with van der Waals surface area (Å²) in [5.41, 5.74) is 3.52. The summed E-state index contributed by atoms with van der Waals surface area (Å²) in [6.45, 7) is 3.97. The zero-order chi connectivity index (χ0) is 22.1. The Labute approximate surface area is 190 Å². The summed E-state index contributed by atoms with van der Waals surface area (Å²) in [4.78, 5) is 29.0. The van der Waals surface area contributed by atoms with Crippen LogP contribution >= 0.6 is 11.8 Å². The van der Waals surface area contributed by atoms with Crippen LogP contribution in [0.3, 0.4) is 0 Å². The fourth-order valence-electron chi connectivity index (χ4n) is 4.06. The molecule has 0 bridgehead atoms. The van der Waals surface area contributed by atoms with Crippen LogP contribution in [0, 0.1) is 6.92 Å². The molecule has 1 N–H and O–H groups in total. The van der Waals surface area contributed by atoms with E-state index in [1.54, 1.807) is 6.07 Å². The largest absolute Gasteiger partial charge is 0.341 e. The summed E-state index contributed by atoms with van der Waals surface area (Å²) >= 11 is 1.34. The summed E-state index contributed by atoms with van der Waals surface area (Å²) < 4.78 is 2.03. The normalized spacial score (nSPS) is 15.6. The second-order valence-corrected chi connectivity index (χ2v) is 8.92. The maximum Gasteiger partial charge on any atom is 0.244 e. The van der Waals surface area contributed by atoms with Crippen molar-refractivity contribution in [2.75, 3.05) is 40.5 Å². The number of aryl methyl sites for hydroxylation is 1. The van der Waals surface area contributed by atoms with Gasteiger partial charge in [0.25, 0.3) is 0 Å². The van der Waals surface area contributed by atoms with Crippen molar-refractivity contribution >= 4 is 40.9 Å². The lowest BCUT2D eigenvalue weighted by Gasteiger charge is -2.29. The first-order valence-electron chi connectivity index (χ1n) is 10.7. The number of amides is 2. The number of para-hydroxylation sites is 2. The maximum absolute atomic E-state index is 13.1. The first-order valence-corrected chi connectivity index (χ1v) is 11.7. The van der Waals surface area contributed by atoms with Crippen LogP contribution < -0.4 is 15.1 Å². The Bertz CT molecular complexity index is 1150. The standard InChI is InChI=1S/C23H24N6O2S/c1-16-8-10-17(11-9-16)29-22(27-12-4-5-13-27)25-26-23(29)32-15-21(31)28-14-20(30)24-18-6-2-3-7-19(18)28/h2-3,6-11H,4-5,12-15H2,1H3,(H,24,30). The monoisotopic (exact) mass is 448 g/mol. The molecule has 2 aliphatic heterocycles. The maximum atomic E-state index is 13.1. The molecule has 3 heterocycles. The van der Waals surface area contributed by atoms with Gasteiger partial charge in [0, 0.05) is 13.1 Å². The van der Waals surface area contributed by atoms with Crippen molar-refractivity contribution in [2.24, 2.45) is 0 Å². The molecule has 164 valence electrons. The van der Waals surface area contributed by atoms with Crippen LogP contribution in [-0.2, 0) is 9.59 Å². The van der Waals surface area contributed by atoms with E-state index in [2.05, 4.69) is 51.6 Å². The number of hydrogen-bond donors (Lipinski definition) is 1. The van der Waals surface area contributed by atoms with Crippen molar-refractivity contribution in [3.05, 3.63) is 54.1 Å². The van der Waals surface area contributed by atoms with E-state index in [1.165, 1.54) is 22.2 Å². The number of nitrogens with zero attached hydrogens (tertiary/aromatic N) is 5. The number of nitrogens with one attached hydrogen (secondary N) is 1. The molecule has 0 saturated carbocycles. The first kappa shape index (κ1) is 20.6. The Morgan fingerprint density at radius 1 is 1.06 bits per heavy atom. The third kappa shape index (κ3) is 3.95. The van der Waals surface area contributed by atoms with Crippen LogP contribution in [0.5, 0.6) is 0 Å². The van der Waals surface area contributed by atoms with Crippen LogP contribution in [0.25, 0.3) is 5.69 Å². The Hall–Kier alpha value is -3.33. The van der Waals surface area contributed by atoms with Crippen molar-refractivity contribution < 1.29 is 9.59 Å². The quantitative estimate of drug-likeness (QED) is 0.604. The molecule has 0 spiro atoms. The van der Waals surface area contributed by atoms with Gasteiger partial charge in [-0.05, 0) is 44.0 Å². The van der Waals surface area contributed by atoms with Crippen molar-refractivity contribution in [1.29, 1.82) is 0 Å². The number of carbonyl (C=O) groups is 2. The lowest BCUT2D eigenvalue weighted by Crippen LogP contribution is -2.43. The average molecular weight is 449 g/mol. The molecule has 0 radical (unpaired) electrons. The number of aromatic nitrogens is 3. The average Bonchev–Trinajstić information content (AvgIpc) is 3.47. The van der Waals surface area contributed by atoms with E-state index in [9.17, 15) is 9.59 Å². The van der Waals surface area contributed by atoms with Gasteiger partial charge in [0.2, 0.25) is 17.8 Å². The van der Waals surface area contributed by atoms with Gasteiger partial charge in [0.05, 0.1) is 22.8 Å². The van der Waals surface area contributed by atoms with Gasteiger partial charge in [-0.15, -0.1) is 10.2 Å². The van der Waals surface area contributed by atoms with Crippen LogP contribution in [0.1, 0.15) is 18.4 Å². The molecule has 1 aromatic heterocycles. The molecule has 32 heavy (non-hydrogen) atoms. The highest BCUT2D eigenvalue weighted by Crippen LogP contribution is 2.32. The van der Waals surface area contributed by atoms with E-state index in [-0.39, 0.29) is 24.1 Å². The molecule has 2 aliphatic rings. The van der Waals surface area contributed by atoms with Crippen molar-refractivity contribution in [2.45, 2.75) is 24.9 Å². The minimum atomic E-state index is -0.193. The number of thioether (sulfide) groups is 1. The molecule has 9 heteroatoms. The number of fused-ring (bicyclic) bond motifs is 1. The van der Waals surface area contributed by atoms with Crippen LogP contribution in [-0.4, -0.2) is 52.0 Å². The lowest BCUT2D eigenvalue weighted by molar-refractivity contribution is -0.120. The summed E-state index contributed by atoms with van der Waals surface area (Å²) in [6, 6.07) is 15.6. The molecule has 1 fully saturated rings. The number of hydrogen-bond acceptors (Lipinski definition) is 6. The number of rotatable bonds is 5. The van der Waals surface area contributed by atoms with E-state index >= 15 is 0 Å². The van der Waals surface area contributed by atoms with Gasteiger partial charge in [-0.25, -0.2) is 0 Å². The Morgan fingerprint density at radius 2 is 1.81 bits per heavy atom. The van der Waals surface area contributed by atoms with Crippen LogP contribution in [0.4, 0.5) is 17.3 Å². The predicted octanol–water partition coefficient (Wildman–Crippen LogP) is 3.25. The summed E-state index contributed by atoms with van der Waals surface area (Å²) in [5, 5.41) is 12.4. The Morgan fingerprint density at radius 3 is 2.59 bits per heavy atom.